The molecule has 0 atom stereocenters. The summed E-state index contributed by atoms with van der Waals surface area (Å²) in [7, 11) is 0. The van der Waals surface area contributed by atoms with E-state index in [0.717, 1.165) is 24.3 Å². The van der Waals surface area contributed by atoms with E-state index in [4.69, 9.17) is 5.73 Å². The number of para-hydroxylation sites is 1. The number of benzene rings is 2. The highest BCUT2D eigenvalue weighted by atomic mass is 16.1. The van der Waals surface area contributed by atoms with E-state index in [9.17, 15) is 4.79 Å². The summed E-state index contributed by atoms with van der Waals surface area (Å²) < 4.78 is 0. The smallest absolute Gasteiger partial charge is 0.269 e. The van der Waals surface area contributed by atoms with Gasteiger partial charge in [0.05, 0.1) is 0 Å². The van der Waals surface area contributed by atoms with E-state index in [-0.39, 0.29) is 5.69 Å². The Morgan fingerprint density at radius 2 is 1.74 bits per heavy atom. The highest BCUT2D eigenvalue weighted by Crippen LogP contribution is 2.21. The first kappa shape index (κ1) is 18.4. The van der Waals surface area contributed by atoms with Crippen LogP contribution in [0.5, 0.6) is 0 Å². The number of hydrogen-bond acceptors (Lipinski definition) is 5. The maximum Gasteiger partial charge on any atom is 0.269 e. The van der Waals surface area contributed by atoms with Crippen molar-refractivity contribution < 1.29 is 4.79 Å². The number of anilines is 2. The third-order valence-corrected chi connectivity index (χ3v) is 4.31. The van der Waals surface area contributed by atoms with Gasteiger partial charge >= 0.3 is 0 Å². The first-order valence-electron chi connectivity index (χ1n) is 8.91. The molecule has 1 heterocycles. The molecule has 0 spiro atoms. The summed E-state index contributed by atoms with van der Waals surface area (Å²) in [5, 5.41) is 11.6. The molecule has 0 aliphatic heterocycles. The Kier molecular flexibility index (Phi) is 5.99. The molecule has 0 saturated heterocycles. The second-order valence-corrected chi connectivity index (χ2v) is 6.15. The Morgan fingerprint density at radius 1 is 1.00 bits per heavy atom. The molecule has 3 N–H and O–H groups in total. The Bertz CT molecular complexity index is 881. The molecule has 0 unspecified atom stereocenters. The van der Waals surface area contributed by atoms with Crippen LogP contribution in [0.1, 0.15) is 28.5 Å². The lowest BCUT2D eigenvalue weighted by atomic mass is 10.1. The molecule has 0 aliphatic rings. The first-order valence-corrected chi connectivity index (χ1v) is 8.91. The van der Waals surface area contributed by atoms with Crippen LogP contribution in [0.25, 0.3) is 0 Å². The fourth-order valence-electron chi connectivity index (χ4n) is 2.81. The largest absolute Gasteiger partial charge is 0.381 e. The minimum absolute atomic E-state index is 0.166. The van der Waals surface area contributed by atoms with Crippen molar-refractivity contribution in [1.82, 2.24) is 10.2 Å². The van der Waals surface area contributed by atoms with Crippen LogP contribution in [-0.2, 0) is 13.1 Å². The Balaban J connectivity index is 1.74. The van der Waals surface area contributed by atoms with Crippen molar-refractivity contribution in [2.45, 2.75) is 20.0 Å². The number of rotatable bonds is 8. The zero-order valence-electron chi connectivity index (χ0n) is 15.3. The van der Waals surface area contributed by atoms with Gasteiger partial charge in [-0.1, -0.05) is 48.5 Å². The number of nitrogens with zero attached hydrogens (tertiary/aromatic N) is 3. The quantitative estimate of drug-likeness (QED) is 0.644. The lowest BCUT2D eigenvalue weighted by molar-refractivity contribution is 0.0994. The van der Waals surface area contributed by atoms with Crippen LogP contribution in [0, 0.1) is 0 Å². The number of nitrogens with one attached hydrogen (secondary N) is 1. The monoisotopic (exact) mass is 361 g/mol. The average molecular weight is 361 g/mol. The van der Waals surface area contributed by atoms with Gasteiger partial charge in [0, 0.05) is 25.3 Å². The van der Waals surface area contributed by atoms with E-state index in [0.29, 0.717) is 12.4 Å². The highest BCUT2D eigenvalue weighted by Gasteiger charge is 2.11. The second-order valence-electron chi connectivity index (χ2n) is 6.15. The van der Waals surface area contributed by atoms with Crippen LogP contribution < -0.4 is 16.0 Å². The predicted octanol–water partition coefficient (Wildman–Crippen LogP) is 3.21. The number of primary amides is 1. The molecule has 3 aromatic rings. The highest BCUT2D eigenvalue weighted by molar-refractivity contribution is 5.90. The van der Waals surface area contributed by atoms with E-state index in [1.165, 1.54) is 5.56 Å². The fraction of sp³-hybridized carbons (Fsp3) is 0.190. The van der Waals surface area contributed by atoms with Crippen molar-refractivity contribution in [1.29, 1.82) is 0 Å². The Morgan fingerprint density at radius 3 is 2.41 bits per heavy atom. The number of carbonyl (C=O) groups is 1. The Labute approximate surface area is 159 Å². The van der Waals surface area contributed by atoms with Crippen LogP contribution in [0.2, 0.25) is 0 Å². The van der Waals surface area contributed by atoms with Crippen LogP contribution in [0.15, 0.2) is 66.7 Å². The topological polar surface area (TPSA) is 84.1 Å². The van der Waals surface area contributed by atoms with Gasteiger partial charge in [0.15, 0.2) is 11.5 Å². The van der Waals surface area contributed by atoms with Gasteiger partial charge in [-0.15, -0.1) is 10.2 Å². The molecule has 0 fully saturated rings. The molecule has 0 aliphatic carbocycles. The summed E-state index contributed by atoms with van der Waals surface area (Å²) in [6, 6.07) is 21.9. The summed E-state index contributed by atoms with van der Waals surface area (Å²) in [4.78, 5) is 13.3. The summed E-state index contributed by atoms with van der Waals surface area (Å²) in [5.74, 6) is 0.132. The van der Waals surface area contributed by atoms with Gasteiger partial charge in [-0.25, -0.2) is 0 Å². The van der Waals surface area contributed by atoms with E-state index >= 15 is 0 Å². The van der Waals surface area contributed by atoms with E-state index in [1.54, 1.807) is 12.1 Å². The molecular formula is C21H23N5O. The molecule has 0 saturated carbocycles. The fourth-order valence-corrected chi connectivity index (χ4v) is 2.81. The second kappa shape index (κ2) is 8.80. The zero-order chi connectivity index (χ0) is 19.1. The molecule has 1 aromatic heterocycles. The minimum Gasteiger partial charge on any atom is -0.381 e. The number of nitrogens with two attached hydrogens (primary N) is 1. The molecule has 138 valence electrons. The maximum atomic E-state index is 11.2. The lowest BCUT2D eigenvalue weighted by Gasteiger charge is -2.23. The summed E-state index contributed by atoms with van der Waals surface area (Å²) in [6.45, 7) is 4.26. The van der Waals surface area contributed by atoms with Gasteiger partial charge in [-0.3, -0.25) is 4.79 Å². The standard InChI is InChI=1S/C21H23N5O/c1-2-26(20-13-12-19(21(22)27)24-25-20)15-17-10-6-7-11-18(17)23-14-16-8-4-3-5-9-16/h3-13,23H,2,14-15H2,1H3,(H2,22,27). The van der Waals surface area contributed by atoms with Crippen LogP contribution in [-0.4, -0.2) is 22.6 Å². The van der Waals surface area contributed by atoms with Crippen molar-refractivity contribution in [3.05, 3.63) is 83.6 Å². The van der Waals surface area contributed by atoms with E-state index < -0.39 is 5.91 Å². The van der Waals surface area contributed by atoms with Crippen molar-refractivity contribution >= 4 is 17.4 Å². The SMILES string of the molecule is CCN(Cc1ccccc1NCc1ccccc1)c1ccc(C(N)=O)nn1. The van der Waals surface area contributed by atoms with E-state index in [2.05, 4.69) is 51.6 Å². The zero-order valence-corrected chi connectivity index (χ0v) is 15.3. The summed E-state index contributed by atoms with van der Waals surface area (Å²) in [6.07, 6.45) is 0. The van der Waals surface area contributed by atoms with Crippen molar-refractivity contribution in [2.75, 3.05) is 16.8 Å². The molecular weight excluding hydrogens is 338 g/mol. The summed E-state index contributed by atoms with van der Waals surface area (Å²) in [5.41, 5.74) is 8.88. The van der Waals surface area contributed by atoms with Gasteiger partial charge in [0.1, 0.15) is 0 Å². The van der Waals surface area contributed by atoms with E-state index in [1.807, 2.05) is 30.3 Å². The molecule has 6 heteroatoms. The molecule has 6 nitrogen and oxygen atoms in total. The first-order chi connectivity index (χ1) is 13.2. The van der Waals surface area contributed by atoms with Crippen molar-refractivity contribution in [3.8, 4) is 0 Å². The van der Waals surface area contributed by atoms with Crippen molar-refractivity contribution in [3.63, 3.8) is 0 Å². The summed E-state index contributed by atoms with van der Waals surface area (Å²) >= 11 is 0. The minimum atomic E-state index is -0.576. The number of carbonyl (C=O) groups excluding carboxylic acids is 1. The number of hydrogen-bond donors (Lipinski definition) is 2. The van der Waals surface area contributed by atoms with Gasteiger partial charge in [0.2, 0.25) is 0 Å². The maximum absolute atomic E-state index is 11.2. The van der Waals surface area contributed by atoms with Gasteiger partial charge in [-0.05, 0) is 36.2 Å². The number of aromatic nitrogens is 2. The molecule has 1 amide bonds. The Hall–Kier alpha value is -3.41. The van der Waals surface area contributed by atoms with Crippen LogP contribution in [0.3, 0.4) is 0 Å². The third-order valence-electron chi connectivity index (χ3n) is 4.31. The van der Waals surface area contributed by atoms with Crippen LogP contribution >= 0.6 is 0 Å². The normalized spacial score (nSPS) is 10.4. The molecule has 2 aromatic carbocycles. The number of amides is 1. The molecule has 0 bridgehead atoms. The average Bonchev–Trinajstić information content (AvgIpc) is 2.72. The van der Waals surface area contributed by atoms with Gasteiger partial charge in [0.25, 0.3) is 5.91 Å². The van der Waals surface area contributed by atoms with Gasteiger partial charge in [-0.2, -0.15) is 0 Å². The van der Waals surface area contributed by atoms with Gasteiger partial charge < -0.3 is 16.0 Å². The molecule has 0 radical (unpaired) electrons. The molecule has 3 rings (SSSR count). The van der Waals surface area contributed by atoms with Crippen LogP contribution in [0.4, 0.5) is 11.5 Å². The van der Waals surface area contributed by atoms with Crippen molar-refractivity contribution in [2.24, 2.45) is 5.73 Å². The predicted molar refractivity (Wildman–Crippen MR) is 107 cm³/mol. The lowest BCUT2D eigenvalue weighted by Crippen LogP contribution is -2.24. The molecule has 27 heavy (non-hydrogen) atoms. The third kappa shape index (κ3) is 4.82.